The highest BCUT2D eigenvalue weighted by Gasteiger charge is 2.19. The summed E-state index contributed by atoms with van der Waals surface area (Å²) in [5, 5.41) is 3.62. The van der Waals surface area contributed by atoms with E-state index in [0.717, 1.165) is 17.1 Å². The molecule has 1 amide bonds. The van der Waals surface area contributed by atoms with Crippen molar-refractivity contribution in [2.75, 3.05) is 19.8 Å². The lowest BCUT2D eigenvalue weighted by molar-refractivity contribution is -0.119. The summed E-state index contributed by atoms with van der Waals surface area (Å²) in [7, 11) is 0. The Morgan fingerprint density at radius 3 is 2.48 bits per heavy atom. The molecular formula is C21H26N2O4. The molecule has 144 valence electrons. The molecule has 6 heteroatoms. The van der Waals surface area contributed by atoms with Crippen molar-refractivity contribution in [3.63, 3.8) is 0 Å². The number of benzene rings is 2. The van der Waals surface area contributed by atoms with E-state index in [0.29, 0.717) is 31.4 Å². The van der Waals surface area contributed by atoms with Gasteiger partial charge in [-0.2, -0.15) is 0 Å². The van der Waals surface area contributed by atoms with Crippen LogP contribution < -0.4 is 25.3 Å². The van der Waals surface area contributed by atoms with Crippen LogP contribution in [-0.2, 0) is 11.3 Å². The molecule has 0 aromatic heterocycles. The monoisotopic (exact) mass is 370 g/mol. The lowest BCUT2D eigenvalue weighted by atomic mass is 9.95. The minimum atomic E-state index is -0.486. The van der Waals surface area contributed by atoms with Crippen LogP contribution >= 0.6 is 0 Å². The highest BCUT2D eigenvalue weighted by Crippen LogP contribution is 2.34. The third-order valence-electron chi connectivity index (χ3n) is 4.42. The molecule has 1 atom stereocenters. The van der Waals surface area contributed by atoms with Crippen LogP contribution in [0.25, 0.3) is 0 Å². The van der Waals surface area contributed by atoms with Crippen molar-refractivity contribution in [1.82, 2.24) is 5.32 Å². The van der Waals surface area contributed by atoms with Gasteiger partial charge in [0.25, 0.3) is 5.91 Å². The van der Waals surface area contributed by atoms with Gasteiger partial charge in [-0.15, -0.1) is 0 Å². The Morgan fingerprint density at radius 1 is 1.11 bits per heavy atom. The maximum atomic E-state index is 10.8. The van der Waals surface area contributed by atoms with E-state index < -0.39 is 5.91 Å². The van der Waals surface area contributed by atoms with Crippen LogP contribution in [0.1, 0.15) is 31.0 Å². The highest BCUT2D eigenvalue weighted by atomic mass is 16.6. The first-order valence-electron chi connectivity index (χ1n) is 9.16. The SMILES string of the molecule is CC(C)C(NCc1ccc(OCC(N)=O)cc1)c1ccc2c(c1)OCCO2. The number of nitrogens with one attached hydrogen (secondary N) is 1. The molecule has 2 aromatic carbocycles. The molecule has 1 aliphatic heterocycles. The number of ether oxygens (including phenoxy) is 3. The van der Waals surface area contributed by atoms with E-state index in [1.807, 2.05) is 30.3 Å². The molecule has 3 rings (SSSR count). The Kier molecular flexibility index (Phi) is 6.19. The maximum Gasteiger partial charge on any atom is 0.255 e. The summed E-state index contributed by atoms with van der Waals surface area (Å²) in [6.07, 6.45) is 0. The summed E-state index contributed by atoms with van der Waals surface area (Å²) in [4.78, 5) is 10.8. The number of fused-ring (bicyclic) bond motifs is 1. The van der Waals surface area contributed by atoms with Gasteiger partial charge in [-0.3, -0.25) is 4.79 Å². The van der Waals surface area contributed by atoms with Crippen molar-refractivity contribution in [3.05, 3.63) is 53.6 Å². The molecule has 1 heterocycles. The maximum absolute atomic E-state index is 10.8. The average Bonchev–Trinajstić information content (AvgIpc) is 2.67. The Balaban J connectivity index is 1.64. The van der Waals surface area contributed by atoms with Gasteiger partial charge in [0.15, 0.2) is 18.1 Å². The van der Waals surface area contributed by atoms with Gasteiger partial charge < -0.3 is 25.3 Å². The minimum absolute atomic E-state index is 0.114. The summed E-state index contributed by atoms with van der Waals surface area (Å²) in [6.45, 7) is 6.16. The van der Waals surface area contributed by atoms with Crippen molar-refractivity contribution in [2.45, 2.75) is 26.4 Å². The minimum Gasteiger partial charge on any atom is -0.486 e. The molecule has 0 spiro atoms. The summed E-state index contributed by atoms with van der Waals surface area (Å²) < 4.78 is 16.6. The largest absolute Gasteiger partial charge is 0.486 e. The molecule has 6 nitrogen and oxygen atoms in total. The zero-order valence-corrected chi connectivity index (χ0v) is 15.7. The van der Waals surface area contributed by atoms with Crippen LogP contribution in [0.5, 0.6) is 17.2 Å². The van der Waals surface area contributed by atoms with Crippen molar-refractivity contribution in [1.29, 1.82) is 0 Å². The van der Waals surface area contributed by atoms with Gasteiger partial charge in [-0.05, 0) is 41.3 Å². The van der Waals surface area contributed by atoms with E-state index in [1.165, 1.54) is 5.56 Å². The Bertz CT molecular complexity index is 774. The topological polar surface area (TPSA) is 82.8 Å². The van der Waals surface area contributed by atoms with Crippen molar-refractivity contribution in [2.24, 2.45) is 11.7 Å². The standard InChI is InChI=1S/C21H26N2O4/c1-14(2)21(16-5-8-18-19(11-16)26-10-9-25-18)23-12-15-3-6-17(7-4-15)27-13-20(22)24/h3-8,11,14,21,23H,9-10,12-13H2,1-2H3,(H2,22,24). The van der Waals surface area contributed by atoms with Crippen LogP contribution in [0.2, 0.25) is 0 Å². The van der Waals surface area contributed by atoms with Crippen molar-refractivity contribution < 1.29 is 19.0 Å². The number of carbonyl (C=O) groups is 1. The normalized spacial score (nSPS) is 14.0. The van der Waals surface area contributed by atoms with Gasteiger partial charge in [0.05, 0.1) is 0 Å². The first kappa shape index (κ1) is 19.0. The molecule has 3 N–H and O–H groups in total. The number of amides is 1. The van der Waals surface area contributed by atoms with E-state index in [-0.39, 0.29) is 12.6 Å². The predicted molar refractivity (Wildman–Crippen MR) is 103 cm³/mol. The van der Waals surface area contributed by atoms with E-state index in [4.69, 9.17) is 19.9 Å². The van der Waals surface area contributed by atoms with E-state index in [9.17, 15) is 4.79 Å². The van der Waals surface area contributed by atoms with Gasteiger partial charge in [0.1, 0.15) is 19.0 Å². The lowest BCUT2D eigenvalue weighted by Crippen LogP contribution is -2.26. The van der Waals surface area contributed by atoms with Gasteiger partial charge in [-0.25, -0.2) is 0 Å². The average molecular weight is 370 g/mol. The summed E-state index contributed by atoms with van der Waals surface area (Å²) in [5.41, 5.74) is 7.39. The molecule has 0 radical (unpaired) electrons. The van der Waals surface area contributed by atoms with Gasteiger partial charge in [0.2, 0.25) is 0 Å². The fraction of sp³-hybridized carbons (Fsp3) is 0.381. The second-order valence-electron chi connectivity index (χ2n) is 6.90. The quantitative estimate of drug-likeness (QED) is 0.747. The van der Waals surface area contributed by atoms with Crippen molar-refractivity contribution in [3.8, 4) is 17.2 Å². The van der Waals surface area contributed by atoms with Crippen LogP contribution in [-0.4, -0.2) is 25.7 Å². The fourth-order valence-corrected chi connectivity index (χ4v) is 3.08. The Hall–Kier alpha value is -2.73. The number of hydrogen-bond acceptors (Lipinski definition) is 5. The molecule has 2 aromatic rings. The lowest BCUT2D eigenvalue weighted by Gasteiger charge is -2.25. The second kappa shape index (κ2) is 8.77. The summed E-state index contributed by atoms with van der Waals surface area (Å²) in [6, 6.07) is 14.0. The van der Waals surface area contributed by atoms with Gasteiger partial charge in [0, 0.05) is 12.6 Å². The van der Waals surface area contributed by atoms with Crippen LogP contribution in [0.15, 0.2) is 42.5 Å². The van der Waals surface area contributed by atoms with E-state index >= 15 is 0 Å². The van der Waals surface area contributed by atoms with Crippen molar-refractivity contribution >= 4 is 5.91 Å². The number of hydrogen-bond donors (Lipinski definition) is 2. The third kappa shape index (κ3) is 5.14. The molecular weight excluding hydrogens is 344 g/mol. The van der Waals surface area contributed by atoms with Crippen LogP contribution in [0.4, 0.5) is 0 Å². The Labute approximate surface area is 159 Å². The first-order valence-corrected chi connectivity index (χ1v) is 9.16. The molecule has 1 unspecified atom stereocenters. The van der Waals surface area contributed by atoms with Gasteiger partial charge in [-0.1, -0.05) is 32.0 Å². The molecule has 0 saturated heterocycles. The van der Waals surface area contributed by atoms with E-state index in [1.54, 1.807) is 0 Å². The highest BCUT2D eigenvalue weighted by molar-refractivity contribution is 5.75. The fourth-order valence-electron chi connectivity index (χ4n) is 3.08. The zero-order valence-electron chi connectivity index (χ0n) is 15.7. The smallest absolute Gasteiger partial charge is 0.255 e. The van der Waals surface area contributed by atoms with Gasteiger partial charge >= 0.3 is 0 Å². The molecule has 1 aliphatic rings. The zero-order chi connectivity index (χ0) is 19.2. The molecule has 27 heavy (non-hydrogen) atoms. The number of rotatable bonds is 8. The summed E-state index contributed by atoms with van der Waals surface area (Å²) in [5.74, 6) is 2.16. The van der Waals surface area contributed by atoms with E-state index in [2.05, 4.69) is 31.3 Å². The number of nitrogens with two attached hydrogens (primary N) is 1. The predicted octanol–water partition coefficient (Wildman–Crippen LogP) is 2.81. The molecule has 0 fully saturated rings. The van der Waals surface area contributed by atoms with Crippen LogP contribution in [0, 0.1) is 5.92 Å². The molecule has 0 aliphatic carbocycles. The first-order chi connectivity index (χ1) is 13.0. The Morgan fingerprint density at radius 2 is 1.81 bits per heavy atom. The number of primary amides is 1. The molecule has 0 saturated carbocycles. The van der Waals surface area contributed by atoms with Crippen LogP contribution in [0.3, 0.4) is 0 Å². The second-order valence-corrected chi connectivity index (χ2v) is 6.90. The summed E-state index contributed by atoms with van der Waals surface area (Å²) >= 11 is 0. The third-order valence-corrected chi connectivity index (χ3v) is 4.42. The number of carbonyl (C=O) groups excluding carboxylic acids is 1. The molecule has 0 bridgehead atoms.